The van der Waals surface area contributed by atoms with E-state index in [2.05, 4.69) is 0 Å². The van der Waals surface area contributed by atoms with Crippen molar-refractivity contribution < 1.29 is 13.2 Å². The van der Waals surface area contributed by atoms with Crippen LogP contribution >= 0.6 is 12.4 Å². The highest BCUT2D eigenvalue weighted by Gasteiger charge is 2.39. The number of hydrogen-bond donors (Lipinski definition) is 1. The summed E-state index contributed by atoms with van der Waals surface area (Å²) in [5.41, 5.74) is 6.66. The fraction of sp³-hybridized carbons (Fsp3) is 0.500. The van der Waals surface area contributed by atoms with Gasteiger partial charge in [-0.1, -0.05) is 6.07 Å². The Hall–Kier alpha value is -1.14. The third-order valence-corrected chi connectivity index (χ3v) is 2.70. The lowest BCUT2D eigenvalue weighted by atomic mass is 10.0. The van der Waals surface area contributed by atoms with E-state index >= 15 is 0 Å². The van der Waals surface area contributed by atoms with Crippen LogP contribution in [0.4, 0.5) is 24.5 Å². The van der Waals surface area contributed by atoms with Crippen molar-refractivity contribution in [3.8, 4) is 0 Å². The monoisotopic (exact) mass is 297 g/mol. The zero-order valence-electron chi connectivity index (χ0n) is 11.3. The zero-order valence-corrected chi connectivity index (χ0v) is 12.1. The Kier molecular flexibility index (Phi) is 5.96. The molecule has 0 radical (unpaired) electrons. The summed E-state index contributed by atoms with van der Waals surface area (Å²) in [6.45, 7) is 0. The number of halogens is 4. The molecule has 0 fully saturated rings. The second-order valence-electron chi connectivity index (χ2n) is 4.55. The average molecular weight is 298 g/mol. The molecule has 0 aliphatic heterocycles. The number of nitrogens with two attached hydrogens (primary N) is 1. The van der Waals surface area contributed by atoms with Gasteiger partial charge in [0.25, 0.3) is 0 Å². The van der Waals surface area contributed by atoms with Gasteiger partial charge < -0.3 is 15.5 Å². The van der Waals surface area contributed by atoms with Crippen molar-refractivity contribution >= 4 is 23.8 Å². The molecule has 3 nitrogen and oxygen atoms in total. The van der Waals surface area contributed by atoms with Gasteiger partial charge in [0.2, 0.25) is 0 Å². The smallest absolute Gasteiger partial charge is 0.378 e. The molecule has 0 bridgehead atoms. The summed E-state index contributed by atoms with van der Waals surface area (Å²) >= 11 is 0. The van der Waals surface area contributed by atoms with E-state index in [4.69, 9.17) is 5.73 Å². The van der Waals surface area contributed by atoms with Crippen molar-refractivity contribution in [3.63, 3.8) is 0 Å². The summed E-state index contributed by atoms with van der Waals surface area (Å²) in [4.78, 5) is 3.46. The summed E-state index contributed by atoms with van der Waals surface area (Å²) in [7, 11) is 7.05. The molecule has 1 aromatic carbocycles. The van der Waals surface area contributed by atoms with Gasteiger partial charge in [-0.15, -0.1) is 12.4 Å². The summed E-state index contributed by atoms with van der Waals surface area (Å²) in [5, 5.41) is 0. The van der Waals surface area contributed by atoms with Crippen LogP contribution in [0, 0.1) is 0 Å². The molecule has 7 heteroatoms. The first-order valence-electron chi connectivity index (χ1n) is 5.45. The minimum Gasteiger partial charge on any atom is -0.378 e. The molecule has 0 amide bonds. The predicted octanol–water partition coefficient (Wildman–Crippen LogP) is 2.80. The summed E-state index contributed by atoms with van der Waals surface area (Å²) in [5.74, 6) is 0. The van der Waals surface area contributed by atoms with Gasteiger partial charge >= 0.3 is 6.18 Å². The number of nitrogens with zero attached hydrogens (tertiary/aromatic N) is 2. The number of rotatable bonds is 3. The van der Waals surface area contributed by atoms with Crippen molar-refractivity contribution in [2.45, 2.75) is 12.2 Å². The van der Waals surface area contributed by atoms with Gasteiger partial charge in [0.15, 0.2) is 0 Å². The van der Waals surface area contributed by atoms with Crippen LogP contribution in [0.15, 0.2) is 18.2 Å². The Morgan fingerprint density at radius 1 is 1.05 bits per heavy atom. The van der Waals surface area contributed by atoms with Gasteiger partial charge in [-0.25, -0.2) is 0 Å². The van der Waals surface area contributed by atoms with Crippen molar-refractivity contribution in [2.24, 2.45) is 5.73 Å². The first-order chi connectivity index (χ1) is 8.14. The molecule has 110 valence electrons. The molecule has 2 N–H and O–H groups in total. The second-order valence-corrected chi connectivity index (χ2v) is 4.55. The van der Waals surface area contributed by atoms with E-state index in [1.165, 1.54) is 6.07 Å². The molecule has 0 aliphatic carbocycles. The van der Waals surface area contributed by atoms with Gasteiger partial charge in [0.05, 0.1) is 0 Å². The van der Waals surface area contributed by atoms with E-state index < -0.39 is 12.2 Å². The van der Waals surface area contributed by atoms with Crippen LogP contribution in [0.5, 0.6) is 0 Å². The van der Waals surface area contributed by atoms with E-state index in [1.54, 1.807) is 31.1 Å². The van der Waals surface area contributed by atoms with Crippen molar-refractivity contribution in [1.29, 1.82) is 0 Å². The summed E-state index contributed by atoms with van der Waals surface area (Å²) < 4.78 is 38.1. The Morgan fingerprint density at radius 3 is 1.95 bits per heavy atom. The van der Waals surface area contributed by atoms with Gasteiger partial charge in [0.1, 0.15) is 6.04 Å². The maximum Gasteiger partial charge on any atom is 0.407 e. The average Bonchev–Trinajstić information content (AvgIpc) is 2.25. The molecule has 0 saturated heterocycles. The lowest BCUT2D eigenvalue weighted by Gasteiger charge is -2.25. The highest BCUT2D eigenvalue weighted by atomic mass is 35.5. The molecule has 0 unspecified atom stereocenters. The number of alkyl halides is 3. The van der Waals surface area contributed by atoms with E-state index in [-0.39, 0.29) is 18.0 Å². The maximum absolute atomic E-state index is 12.7. The Bertz CT molecular complexity index is 419. The number of anilines is 2. The molecule has 0 aliphatic rings. The van der Waals surface area contributed by atoms with Crippen LogP contribution in [-0.4, -0.2) is 34.4 Å². The third-order valence-electron chi connectivity index (χ3n) is 2.70. The van der Waals surface area contributed by atoms with Crippen LogP contribution in [0.1, 0.15) is 11.6 Å². The topological polar surface area (TPSA) is 32.5 Å². The van der Waals surface area contributed by atoms with Gasteiger partial charge in [-0.05, 0) is 12.1 Å². The minimum absolute atomic E-state index is 0. The molecule has 1 rings (SSSR count). The van der Waals surface area contributed by atoms with Crippen LogP contribution in [-0.2, 0) is 0 Å². The summed E-state index contributed by atoms with van der Waals surface area (Å²) in [6, 6.07) is 2.80. The van der Waals surface area contributed by atoms with Crippen LogP contribution in [0.25, 0.3) is 0 Å². The first-order valence-corrected chi connectivity index (χ1v) is 5.45. The fourth-order valence-electron chi connectivity index (χ4n) is 1.64. The predicted molar refractivity (Wildman–Crippen MR) is 75.3 cm³/mol. The third kappa shape index (κ3) is 4.18. The molecule has 0 heterocycles. The fourth-order valence-corrected chi connectivity index (χ4v) is 1.64. The molecule has 0 spiro atoms. The van der Waals surface area contributed by atoms with Gasteiger partial charge in [0, 0.05) is 45.1 Å². The standard InChI is InChI=1S/C12H18F3N3.ClH/c1-17(2)8-5-6-9(10(7-8)18(3)4)11(16)12(13,14)15;/h5-7,11H,16H2,1-4H3;1H/t11-;/m1./s1. The van der Waals surface area contributed by atoms with Crippen LogP contribution in [0.3, 0.4) is 0 Å². The van der Waals surface area contributed by atoms with E-state index in [1.807, 2.05) is 19.0 Å². The highest BCUT2D eigenvalue weighted by molar-refractivity contribution is 5.85. The number of hydrogen-bond acceptors (Lipinski definition) is 3. The molecule has 0 aromatic heterocycles. The largest absolute Gasteiger partial charge is 0.407 e. The van der Waals surface area contributed by atoms with Crippen LogP contribution in [0.2, 0.25) is 0 Å². The van der Waals surface area contributed by atoms with Gasteiger partial charge in [-0.3, -0.25) is 0 Å². The lowest BCUT2D eigenvalue weighted by Crippen LogP contribution is -2.30. The molecule has 19 heavy (non-hydrogen) atoms. The normalized spacial score (nSPS) is 12.6. The quantitative estimate of drug-likeness (QED) is 0.931. The van der Waals surface area contributed by atoms with E-state index in [0.717, 1.165) is 5.69 Å². The maximum atomic E-state index is 12.7. The Balaban J connectivity index is 0.00000324. The Morgan fingerprint density at radius 2 is 1.58 bits per heavy atom. The SMILES string of the molecule is CN(C)c1ccc([C@@H](N)C(F)(F)F)c(N(C)C)c1.Cl. The summed E-state index contributed by atoms with van der Waals surface area (Å²) in [6.07, 6.45) is -4.44. The minimum atomic E-state index is -4.44. The second kappa shape index (κ2) is 6.34. The number of benzene rings is 1. The van der Waals surface area contributed by atoms with Crippen molar-refractivity contribution in [1.82, 2.24) is 0 Å². The van der Waals surface area contributed by atoms with Crippen molar-refractivity contribution in [2.75, 3.05) is 38.0 Å². The van der Waals surface area contributed by atoms with Crippen molar-refractivity contribution in [3.05, 3.63) is 23.8 Å². The lowest BCUT2D eigenvalue weighted by molar-refractivity contribution is -0.149. The highest BCUT2D eigenvalue weighted by Crippen LogP contribution is 2.36. The Labute approximate surface area is 117 Å². The molecule has 0 saturated carbocycles. The van der Waals surface area contributed by atoms with Gasteiger partial charge in [-0.2, -0.15) is 13.2 Å². The zero-order chi connectivity index (χ0) is 14.1. The molecular formula is C12H19ClF3N3. The molecule has 1 atom stereocenters. The molecule has 1 aromatic rings. The van der Waals surface area contributed by atoms with E-state index in [9.17, 15) is 13.2 Å². The molecular weight excluding hydrogens is 279 g/mol. The first kappa shape index (κ1) is 17.9. The van der Waals surface area contributed by atoms with E-state index in [0.29, 0.717) is 5.69 Å². The van der Waals surface area contributed by atoms with Crippen LogP contribution < -0.4 is 15.5 Å².